The van der Waals surface area contributed by atoms with Gasteiger partial charge in [0.1, 0.15) is 32.5 Å². The highest BCUT2D eigenvalue weighted by molar-refractivity contribution is 7.13. The lowest BCUT2D eigenvalue weighted by Crippen LogP contribution is -2.31. The van der Waals surface area contributed by atoms with Gasteiger partial charge in [0.2, 0.25) is 0 Å². The smallest absolute Gasteiger partial charge is 0.317 e. The van der Waals surface area contributed by atoms with Crippen LogP contribution in [-0.2, 0) is 25.2 Å². The Morgan fingerprint density at radius 1 is 0.789 bits per heavy atom. The molecule has 4 aromatic rings. The van der Waals surface area contributed by atoms with Crippen LogP contribution in [0.15, 0.2) is 59.3 Å². The Labute approximate surface area is 228 Å². The molecule has 1 N–H and O–H groups in total. The Balaban J connectivity index is 0.000000212. The summed E-state index contributed by atoms with van der Waals surface area (Å²) in [7, 11) is 0. The Hall–Kier alpha value is -3.50. The highest BCUT2D eigenvalue weighted by Gasteiger charge is 2.34. The van der Waals surface area contributed by atoms with Gasteiger partial charge in [0.25, 0.3) is 0 Å². The van der Waals surface area contributed by atoms with Crippen molar-refractivity contribution < 1.29 is 28.2 Å². The van der Waals surface area contributed by atoms with Gasteiger partial charge < -0.3 is 9.84 Å². The minimum atomic E-state index is -1.02. The molecule has 4 rings (SSSR count). The van der Waals surface area contributed by atoms with Crippen molar-refractivity contribution in [3.8, 4) is 21.1 Å². The molecule has 0 fully saturated rings. The van der Waals surface area contributed by atoms with Crippen LogP contribution in [0.5, 0.6) is 0 Å². The summed E-state index contributed by atoms with van der Waals surface area (Å²) in [6.07, 6.45) is 0. The van der Waals surface area contributed by atoms with E-state index in [1.165, 1.54) is 46.9 Å². The molecule has 0 aliphatic heterocycles. The van der Waals surface area contributed by atoms with E-state index in [9.17, 15) is 18.4 Å². The Morgan fingerprint density at radius 2 is 1.18 bits per heavy atom. The van der Waals surface area contributed by atoms with Crippen molar-refractivity contribution in [3.05, 3.63) is 82.3 Å². The summed E-state index contributed by atoms with van der Waals surface area (Å²) in [5.41, 5.74) is 0.996. The van der Waals surface area contributed by atoms with E-state index in [-0.39, 0.29) is 17.6 Å². The maximum atomic E-state index is 12.9. The van der Waals surface area contributed by atoms with Crippen molar-refractivity contribution in [2.75, 3.05) is 6.61 Å². The molecule has 2 aromatic carbocycles. The highest BCUT2D eigenvalue weighted by atomic mass is 32.1. The standard InChI is InChI=1S/C15H16FNO2S.C13H12FNO2S/c1-4-19-14(18)15(2,3)12-9-20-13(17-12)10-5-7-11(16)8-6-10;1-13(2,12(16)17)10-7-18-11(15-10)8-3-5-9(14)6-4-8/h5-9H,4H2,1-3H3;3-7H,1-2H3,(H,16,17). The van der Waals surface area contributed by atoms with Gasteiger partial charge in [-0.2, -0.15) is 0 Å². The molecule has 6 nitrogen and oxygen atoms in total. The molecule has 0 saturated heterocycles. The lowest BCUT2D eigenvalue weighted by atomic mass is 9.90. The van der Waals surface area contributed by atoms with Gasteiger partial charge in [0, 0.05) is 21.9 Å². The second kappa shape index (κ2) is 11.9. The number of carbonyl (C=O) groups is 2. The van der Waals surface area contributed by atoms with E-state index >= 15 is 0 Å². The Morgan fingerprint density at radius 3 is 1.55 bits per heavy atom. The van der Waals surface area contributed by atoms with Gasteiger partial charge in [-0.3, -0.25) is 9.59 Å². The van der Waals surface area contributed by atoms with Crippen LogP contribution >= 0.6 is 22.7 Å². The normalized spacial score (nSPS) is 11.4. The summed E-state index contributed by atoms with van der Waals surface area (Å²) in [6.45, 7) is 8.91. The third-order valence-electron chi connectivity index (χ3n) is 5.79. The monoisotopic (exact) mass is 558 g/mol. The SMILES string of the molecule is CC(C)(C(=O)O)c1csc(-c2ccc(F)cc2)n1.CCOC(=O)C(C)(C)c1csc(-c2ccc(F)cc2)n1. The van der Waals surface area contributed by atoms with E-state index < -0.39 is 16.8 Å². The second-order valence-corrected chi connectivity index (χ2v) is 11.1. The largest absolute Gasteiger partial charge is 0.481 e. The number of ether oxygens (including phenoxy) is 1. The fourth-order valence-corrected chi connectivity index (χ4v) is 5.08. The molecule has 0 aliphatic carbocycles. The average molecular weight is 559 g/mol. The molecule has 38 heavy (non-hydrogen) atoms. The third-order valence-corrected chi connectivity index (χ3v) is 7.57. The number of carboxylic acids is 1. The van der Waals surface area contributed by atoms with Crippen molar-refractivity contribution in [1.82, 2.24) is 9.97 Å². The van der Waals surface area contributed by atoms with Crippen LogP contribution in [0, 0.1) is 11.6 Å². The van der Waals surface area contributed by atoms with Gasteiger partial charge in [-0.1, -0.05) is 0 Å². The summed E-state index contributed by atoms with van der Waals surface area (Å²) in [5, 5.41) is 14.2. The number of nitrogens with zero attached hydrogens (tertiary/aromatic N) is 2. The lowest BCUT2D eigenvalue weighted by Gasteiger charge is -2.19. The number of carboxylic acid groups (broad SMARTS) is 1. The van der Waals surface area contributed by atoms with Gasteiger partial charge in [0.05, 0.1) is 18.0 Å². The van der Waals surface area contributed by atoms with Crippen molar-refractivity contribution in [3.63, 3.8) is 0 Å². The maximum Gasteiger partial charge on any atom is 0.317 e. The number of hydrogen-bond donors (Lipinski definition) is 1. The summed E-state index contributed by atoms with van der Waals surface area (Å²) < 4.78 is 30.8. The van der Waals surface area contributed by atoms with Crippen LogP contribution in [0.1, 0.15) is 46.0 Å². The molecule has 200 valence electrons. The van der Waals surface area contributed by atoms with Gasteiger partial charge in [-0.05, 0) is 83.1 Å². The van der Waals surface area contributed by atoms with Crippen molar-refractivity contribution >= 4 is 34.6 Å². The van der Waals surface area contributed by atoms with E-state index in [4.69, 9.17) is 9.84 Å². The van der Waals surface area contributed by atoms with Crippen molar-refractivity contribution in [2.45, 2.75) is 45.4 Å². The maximum absolute atomic E-state index is 12.9. The predicted molar refractivity (Wildman–Crippen MR) is 145 cm³/mol. The van der Waals surface area contributed by atoms with Crippen LogP contribution in [0.2, 0.25) is 0 Å². The summed E-state index contributed by atoms with van der Waals surface area (Å²) in [6, 6.07) is 12.1. The summed E-state index contributed by atoms with van der Waals surface area (Å²) in [5.74, 6) is -1.80. The van der Waals surface area contributed by atoms with E-state index in [0.717, 1.165) is 16.1 Å². The van der Waals surface area contributed by atoms with E-state index in [0.29, 0.717) is 23.0 Å². The molecule has 2 aromatic heterocycles. The van der Waals surface area contributed by atoms with E-state index in [1.807, 2.05) is 5.38 Å². The minimum absolute atomic E-state index is 0.280. The third kappa shape index (κ3) is 6.68. The fraction of sp³-hybridized carbons (Fsp3) is 0.286. The molecule has 0 aliphatic rings. The van der Waals surface area contributed by atoms with Gasteiger partial charge >= 0.3 is 11.9 Å². The van der Waals surface area contributed by atoms with Crippen LogP contribution in [0.25, 0.3) is 21.1 Å². The highest BCUT2D eigenvalue weighted by Crippen LogP contribution is 2.32. The summed E-state index contributed by atoms with van der Waals surface area (Å²) >= 11 is 2.79. The number of benzene rings is 2. The van der Waals surface area contributed by atoms with Crippen molar-refractivity contribution in [1.29, 1.82) is 0 Å². The number of carbonyl (C=O) groups excluding carboxylic acids is 1. The number of halogens is 2. The Kier molecular flexibility index (Phi) is 9.11. The zero-order valence-electron chi connectivity index (χ0n) is 21.6. The van der Waals surface area contributed by atoms with Crippen LogP contribution in [0.3, 0.4) is 0 Å². The van der Waals surface area contributed by atoms with E-state index in [1.54, 1.807) is 64.3 Å². The number of aromatic nitrogens is 2. The predicted octanol–water partition coefficient (Wildman–Crippen LogP) is 7.10. The van der Waals surface area contributed by atoms with Gasteiger partial charge in [-0.15, -0.1) is 22.7 Å². The first kappa shape index (κ1) is 29.1. The first-order valence-corrected chi connectivity index (χ1v) is 13.5. The molecule has 0 spiro atoms. The number of thiazole rings is 2. The van der Waals surface area contributed by atoms with E-state index in [2.05, 4.69) is 9.97 Å². The van der Waals surface area contributed by atoms with Crippen LogP contribution in [-0.4, -0.2) is 33.6 Å². The quantitative estimate of drug-likeness (QED) is 0.243. The Bertz CT molecular complexity index is 1390. The fourth-order valence-electron chi connectivity index (χ4n) is 3.10. The molecule has 0 radical (unpaired) electrons. The first-order chi connectivity index (χ1) is 17.9. The number of esters is 1. The molecule has 0 bridgehead atoms. The van der Waals surface area contributed by atoms with Gasteiger partial charge in [-0.25, -0.2) is 18.7 Å². The molecular weight excluding hydrogens is 530 g/mol. The number of hydrogen-bond acceptors (Lipinski definition) is 7. The molecule has 2 heterocycles. The van der Waals surface area contributed by atoms with Crippen LogP contribution in [0.4, 0.5) is 8.78 Å². The topological polar surface area (TPSA) is 89.4 Å². The second-order valence-electron chi connectivity index (χ2n) is 9.37. The van der Waals surface area contributed by atoms with Crippen LogP contribution < -0.4 is 0 Å². The average Bonchev–Trinajstić information content (AvgIpc) is 3.57. The van der Waals surface area contributed by atoms with Gasteiger partial charge in [0.15, 0.2) is 0 Å². The number of rotatable bonds is 7. The zero-order chi connectivity index (χ0) is 28.1. The molecule has 0 amide bonds. The zero-order valence-corrected chi connectivity index (χ0v) is 23.3. The molecular formula is C28H28F2N2O4S2. The molecule has 0 unspecified atom stereocenters. The van der Waals surface area contributed by atoms with Crippen molar-refractivity contribution in [2.24, 2.45) is 0 Å². The molecule has 10 heteroatoms. The minimum Gasteiger partial charge on any atom is -0.481 e. The lowest BCUT2D eigenvalue weighted by molar-refractivity contribution is -0.149. The molecule has 0 saturated carbocycles. The summed E-state index contributed by atoms with van der Waals surface area (Å²) in [4.78, 5) is 31.9. The molecule has 0 atom stereocenters. The number of aliphatic carboxylic acids is 1. The first-order valence-electron chi connectivity index (χ1n) is 11.7.